The zero-order valence-corrected chi connectivity index (χ0v) is 11.4. The fourth-order valence-electron chi connectivity index (χ4n) is 1.63. The minimum atomic E-state index is -1.10. The van der Waals surface area contributed by atoms with Gasteiger partial charge in [0.1, 0.15) is 11.8 Å². The molecule has 0 aliphatic heterocycles. The molecule has 0 fully saturated rings. The molecule has 0 saturated carbocycles. The van der Waals surface area contributed by atoms with Gasteiger partial charge in [0.25, 0.3) is 5.91 Å². The van der Waals surface area contributed by atoms with Gasteiger partial charge in [-0.15, -0.1) is 0 Å². The molecular formula is C13H16ClNO4. The molecule has 0 bridgehead atoms. The molecule has 0 saturated heterocycles. The number of aliphatic carboxylic acids is 1. The summed E-state index contributed by atoms with van der Waals surface area (Å²) in [7, 11) is 0. The molecule has 0 aliphatic rings. The van der Waals surface area contributed by atoms with Crippen LogP contribution in [-0.4, -0.2) is 28.1 Å². The van der Waals surface area contributed by atoms with Crippen molar-refractivity contribution in [1.82, 2.24) is 5.32 Å². The van der Waals surface area contributed by atoms with Crippen molar-refractivity contribution >= 4 is 23.5 Å². The number of phenols is 1. The monoisotopic (exact) mass is 285 g/mol. The molecule has 0 heterocycles. The normalized spacial score (nSPS) is 12.2. The standard InChI is InChI=1S/C13H16ClNO4/c1-7(2)5-10(13(18)19)15-12(17)9-4-3-8(14)6-11(9)16/h3-4,6-7,10,16H,5H2,1-2H3,(H,15,17)(H,18,19)/t10-/m1/s1. The average Bonchev–Trinajstić information content (AvgIpc) is 2.26. The lowest BCUT2D eigenvalue weighted by atomic mass is 10.0. The SMILES string of the molecule is CC(C)C[C@@H](NC(=O)c1ccc(Cl)cc1O)C(=O)O. The van der Waals surface area contributed by atoms with Crippen molar-refractivity contribution in [1.29, 1.82) is 0 Å². The molecular weight excluding hydrogens is 270 g/mol. The van der Waals surface area contributed by atoms with Crippen LogP contribution in [0, 0.1) is 5.92 Å². The maximum atomic E-state index is 11.9. The van der Waals surface area contributed by atoms with Gasteiger partial charge in [0.2, 0.25) is 0 Å². The number of hydrogen-bond acceptors (Lipinski definition) is 3. The molecule has 1 rings (SSSR count). The molecule has 19 heavy (non-hydrogen) atoms. The van der Waals surface area contributed by atoms with Gasteiger partial charge >= 0.3 is 5.97 Å². The minimum absolute atomic E-state index is 0.000550. The number of nitrogens with one attached hydrogen (secondary N) is 1. The summed E-state index contributed by atoms with van der Waals surface area (Å²) < 4.78 is 0. The Kier molecular flexibility index (Phi) is 5.18. The Hall–Kier alpha value is -1.75. The topological polar surface area (TPSA) is 86.6 Å². The number of phenolic OH excluding ortho intramolecular Hbond substituents is 1. The third-order valence-corrected chi connectivity index (χ3v) is 2.75. The van der Waals surface area contributed by atoms with Crippen molar-refractivity contribution in [2.45, 2.75) is 26.3 Å². The molecule has 0 unspecified atom stereocenters. The van der Waals surface area contributed by atoms with Crippen LogP contribution in [0.4, 0.5) is 0 Å². The van der Waals surface area contributed by atoms with E-state index in [1.165, 1.54) is 18.2 Å². The number of rotatable bonds is 5. The Morgan fingerprint density at radius 3 is 2.47 bits per heavy atom. The van der Waals surface area contributed by atoms with Crippen molar-refractivity contribution in [3.8, 4) is 5.75 Å². The molecule has 0 spiro atoms. The number of carbonyl (C=O) groups excluding carboxylic acids is 1. The van der Waals surface area contributed by atoms with E-state index < -0.39 is 17.9 Å². The molecule has 0 radical (unpaired) electrons. The van der Waals surface area contributed by atoms with Gasteiger partial charge < -0.3 is 15.5 Å². The number of amides is 1. The summed E-state index contributed by atoms with van der Waals surface area (Å²) in [5.74, 6) is -1.89. The second kappa shape index (κ2) is 6.43. The van der Waals surface area contributed by atoms with Crippen molar-refractivity contribution < 1.29 is 19.8 Å². The van der Waals surface area contributed by atoms with E-state index in [2.05, 4.69) is 5.32 Å². The van der Waals surface area contributed by atoms with E-state index in [1.54, 1.807) is 0 Å². The van der Waals surface area contributed by atoms with Crippen LogP contribution in [0.2, 0.25) is 5.02 Å². The number of carbonyl (C=O) groups is 2. The second-order valence-corrected chi connectivity index (χ2v) is 5.09. The highest BCUT2D eigenvalue weighted by molar-refractivity contribution is 6.30. The van der Waals surface area contributed by atoms with Crippen LogP contribution >= 0.6 is 11.6 Å². The number of benzene rings is 1. The first-order valence-corrected chi connectivity index (χ1v) is 6.21. The third-order valence-electron chi connectivity index (χ3n) is 2.51. The summed E-state index contributed by atoms with van der Waals surface area (Å²) in [5, 5.41) is 21.3. The molecule has 0 aromatic heterocycles. The highest BCUT2D eigenvalue weighted by Crippen LogP contribution is 2.22. The van der Waals surface area contributed by atoms with Crippen molar-refractivity contribution in [3.05, 3.63) is 28.8 Å². The fraction of sp³-hybridized carbons (Fsp3) is 0.385. The van der Waals surface area contributed by atoms with Crippen LogP contribution in [0.1, 0.15) is 30.6 Å². The molecule has 1 aromatic rings. The van der Waals surface area contributed by atoms with Crippen molar-refractivity contribution in [2.75, 3.05) is 0 Å². The lowest BCUT2D eigenvalue weighted by molar-refractivity contribution is -0.139. The number of halogens is 1. The summed E-state index contributed by atoms with van der Waals surface area (Å²) >= 11 is 5.66. The third kappa shape index (κ3) is 4.44. The summed E-state index contributed by atoms with van der Waals surface area (Å²) in [6.07, 6.45) is 0.315. The average molecular weight is 286 g/mol. The Morgan fingerprint density at radius 1 is 1.37 bits per heavy atom. The lowest BCUT2D eigenvalue weighted by Crippen LogP contribution is -2.41. The summed E-state index contributed by atoms with van der Waals surface area (Å²) in [5.41, 5.74) is -0.000550. The molecule has 104 valence electrons. The molecule has 3 N–H and O–H groups in total. The lowest BCUT2D eigenvalue weighted by Gasteiger charge is -2.16. The van der Waals surface area contributed by atoms with E-state index >= 15 is 0 Å². The van der Waals surface area contributed by atoms with Crippen LogP contribution in [-0.2, 0) is 4.79 Å². The molecule has 6 heteroatoms. The van der Waals surface area contributed by atoms with Gasteiger partial charge in [-0.05, 0) is 30.5 Å². The highest BCUT2D eigenvalue weighted by atomic mass is 35.5. The summed E-state index contributed by atoms with van der Waals surface area (Å²) in [6.45, 7) is 3.73. The Balaban J connectivity index is 2.84. The smallest absolute Gasteiger partial charge is 0.326 e. The molecule has 5 nitrogen and oxygen atoms in total. The van der Waals surface area contributed by atoms with Crippen molar-refractivity contribution in [3.63, 3.8) is 0 Å². The first kappa shape index (κ1) is 15.3. The molecule has 0 aliphatic carbocycles. The van der Waals surface area contributed by atoms with Crippen molar-refractivity contribution in [2.24, 2.45) is 5.92 Å². The van der Waals surface area contributed by atoms with Gasteiger partial charge in [0.05, 0.1) is 5.56 Å². The molecule has 1 aromatic carbocycles. The highest BCUT2D eigenvalue weighted by Gasteiger charge is 2.22. The number of carboxylic acids is 1. The van der Waals surface area contributed by atoms with Crippen LogP contribution < -0.4 is 5.32 Å². The van der Waals surface area contributed by atoms with Gasteiger partial charge in [0.15, 0.2) is 0 Å². The number of carboxylic acid groups (broad SMARTS) is 1. The van der Waals surface area contributed by atoms with Gasteiger partial charge in [-0.1, -0.05) is 25.4 Å². The zero-order chi connectivity index (χ0) is 14.6. The molecule has 1 amide bonds. The fourth-order valence-corrected chi connectivity index (χ4v) is 1.79. The zero-order valence-electron chi connectivity index (χ0n) is 10.7. The van der Waals surface area contributed by atoms with Gasteiger partial charge in [-0.2, -0.15) is 0 Å². The predicted octanol–water partition coefficient (Wildman–Crippen LogP) is 2.27. The van der Waals surface area contributed by atoms with E-state index in [4.69, 9.17) is 16.7 Å². The van der Waals surface area contributed by atoms with E-state index in [0.717, 1.165) is 0 Å². The maximum absolute atomic E-state index is 11.9. The van der Waals surface area contributed by atoms with E-state index in [9.17, 15) is 14.7 Å². The van der Waals surface area contributed by atoms with Crippen LogP contribution in [0.15, 0.2) is 18.2 Å². The maximum Gasteiger partial charge on any atom is 0.326 e. The second-order valence-electron chi connectivity index (χ2n) is 4.66. The van der Waals surface area contributed by atoms with E-state index in [1.807, 2.05) is 13.8 Å². The minimum Gasteiger partial charge on any atom is -0.507 e. The van der Waals surface area contributed by atoms with Gasteiger partial charge in [-0.3, -0.25) is 4.79 Å². The summed E-state index contributed by atoms with van der Waals surface area (Å²) in [4.78, 5) is 22.9. The quantitative estimate of drug-likeness (QED) is 0.774. The van der Waals surface area contributed by atoms with Gasteiger partial charge in [-0.25, -0.2) is 4.79 Å². The number of hydrogen-bond donors (Lipinski definition) is 3. The van der Waals surface area contributed by atoms with E-state index in [0.29, 0.717) is 11.4 Å². The molecule has 1 atom stereocenters. The van der Waals surface area contributed by atoms with Crippen LogP contribution in [0.25, 0.3) is 0 Å². The van der Waals surface area contributed by atoms with Gasteiger partial charge in [0, 0.05) is 5.02 Å². The Labute approximate surface area is 116 Å². The van der Waals surface area contributed by atoms with E-state index in [-0.39, 0.29) is 17.2 Å². The van der Waals surface area contributed by atoms with Crippen LogP contribution in [0.5, 0.6) is 5.75 Å². The van der Waals surface area contributed by atoms with Crippen LogP contribution in [0.3, 0.4) is 0 Å². The first-order valence-electron chi connectivity index (χ1n) is 5.83. The summed E-state index contributed by atoms with van der Waals surface area (Å²) in [6, 6.07) is 3.05. The largest absolute Gasteiger partial charge is 0.507 e. The predicted molar refractivity (Wildman–Crippen MR) is 71.5 cm³/mol. The Bertz CT molecular complexity index is 488. The number of aromatic hydroxyl groups is 1. The Morgan fingerprint density at radius 2 is 2.00 bits per heavy atom. The first-order chi connectivity index (χ1) is 8.81.